The van der Waals surface area contributed by atoms with Crippen LogP contribution in [0, 0.1) is 5.41 Å². The molecule has 1 N–H and O–H groups in total. The second-order valence-electron chi connectivity index (χ2n) is 7.61. The summed E-state index contributed by atoms with van der Waals surface area (Å²) in [5.41, 5.74) is -0.908. The summed E-state index contributed by atoms with van der Waals surface area (Å²) >= 11 is 0. The topological polar surface area (TPSA) is 62.3 Å². The first-order chi connectivity index (χ1) is 11.5. The summed E-state index contributed by atoms with van der Waals surface area (Å²) in [7, 11) is 0. The highest BCUT2D eigenvalue weighted by molar-refractivity contribution is 5.94. The Labute approximate surface area is 140 Å². The van der Waals surface area contributed by atoms with Gasteiger partial charge in [0.1, 0.15) is 0 Å². The van der Waals surface area contributed by atoms with Crippen LogP contribution in [0.4, 0.5) is 4.39 Å². The van der Waals surface area contributed by atoms with Crippen molar-refractivity contribution in [2.24, 2.45) is 5.41 Å². The minimum Gasteiger partial charge on any atom is -0.349 e. The minimum absolute atomic E-state index is 0.0754. The lowest BCUT2D eigenvalue weighted by Gasteiger charge is -2.45. The van der Waals surface area contributed by atoms with E-state index in [1.54, 1.807) is 29.4 Å². The molecule has 6 heteroatoms. The van der Waals surface area contributed by atoms with Gasteiger partial charge in [0.25, 0.3) is 11.8 Å². The number of pyridine rings is 1. The van der Waals surface area contributed by atoms with E-state index in [2.05, 4.69) is 10.3 Å². The quantitative estimate of drug-likeness (QED) is 0.922. The molecule has 0 atom stereocenters. The number of amides is 2. The monoisotopic (exact) mass is 331 g/mol. The summed E-state index contributed by atoms with van der Waals surface area (Å²) in [6.07, 6.45) is 7.41. The van der Waals surface area contributed by atoms with Crippen molar-refractivity contribution >= 4 is 11.8 Å². The Morgan fingerprint density at radius 2 is 1.92 bits per heavy atom. The van der Waals surface area contributed by atoms with Gasteiger partial charge in [-0.3, -0.25) is 14.6 Å². The normalized spacial score (nSPS) is 30.5. The summed E-state index contributed by atoms with van der Waals surface area (Å²) in [6.45, 7) is 1.29. The highest BCUT2D eigenvalue weighted by Crippen LogP contribution is 2.49. The van der Waals surface area contributed by atoms with Crippen LogP contribution in [-0.4, -0.2) is 46.5 Å². The van der Waals surface area contributed by atoms with E-state index in [0.29, 0.717) is 31.5 Å². The molecule has 1 aliphatic heterocycles. The number of likely N-dealkylation sites (tertiary alicyclic amines) is 1. The number of halogens is 1. The molecule has 0 bridgehead atoms. The Bertz CT molecular complexity index is 653. The first kappa shape index (κ1) is 15.5. The van der Waals surface area contributed by atoms with E-state index in [1.165, 1.54) is 0 Å². The van der Waals surface area contributed by atoms with Gasteiger partial charge in [-0.15, -0.1) is 0 Å². The van der Waals surface area contributed by atoms with E-state index in [0.717, 1.165) is 25.7 Å². The maximum Gasteiger partial charge on any atom is 0.260 e. The summed E-state index contributed by atoms with van der Waals surface area (Å²) < 4.78 is 14.3. The van der Waals surface area contributed by atoms with E-state index < -0.39 is 5.67 Å². The zero-order valence-corrected chi connectivity index (χ0v) is 13.6. The number of hydrogen-bond donors (Lipinski definition) is 1. The van der Waals surface area contributed by atoms with E-state index in [-0.39, 0.29) is 23.3 Å². The molecule has 0 radical (unpaired) electrons. The van der Waals surface area contributed by atoms with Crippen LogP contribution in [0.15, 0.2) is 24.5 Å². The van der Waals surface area contributed by atoms with Crippen LogP contribution >= 0.6 is 0 Å². The number of carbonyl (C=O) groups excluding carboxylic acids is 2. The average molecular weight is 331 g/mol. The molecule has 128 valence electrons. The highest BCUT2D eigenvalue weighted by atomic mass is 19.1. The van der Waals surface area contributed by atoms with Crippen molar-refractivity contribution in [2.45, 2.75) is 50.2 Å². The van der Waals surface area contributed by atoms with Gasteiger partial charge in [-0.25, -0.2) is 4.39 Å². The number of alkyl halides is 1. The summed E-state index contributed by atoms with van der Waals surface area (Å²) in [5.74, 6) is -0.393. The van der Waals surface area contributed by atoms with Gasteiger partial charge in [0.2, 0.25) is 0 Å². The van der Waals surface area contributed by atoms with Crippen molar-refractivity contribution in [3.63, 3.8) is 0 Å². The second-order valence-corrected chi connectivity index (χ2v) is 7.61. The number of rotatable bonds is 3. The molecule has 2 amide bonds. The Balaban J connectivity index is 1.30. The smallest absolute Gasteiger partial charge is 0.260 e. The van der Waals surface area contributed by atoms with Crippen molar-refractivity contribution in [1.82, 2.24) is 15.2 Å². The molecule has 2 saturated carbocycles. The van der Waals surface area contributed by atoms with Gasteiger partial charge in [-0.05, 0) is 56.1 Å². The Morgan fingerprint density at radius 1 is 1.21 bits per heavy atom. The first-order valence-corrected chi connectivity index (χ1v) is 8.69. The number of aromatic nitrogens is 1. The molecule has 2 aliphatic carbocycles. The van der Waals surface area contributed by atoms with Crippen LogP contribution in [0.25, 0.3) is 0 Å². The van der Waals surface area contributed by atoms with Crippen molar-refractivity contribution in [3.05, 3.63) is 30.1 Å². The molecule has 24 heavy (non-hydrogen) atoms. The molecule has 1 aromatic rings. The first-order valence-electron chi connectivity index (χ1n) is 8.69. The van der Waals surface area contributed by atoms with Crippen LogP contribution in [-0.2, 0) is 4.79 Å². The van der Waals surface area contributed by atoms with Gasteiger partial charge < -0.3 is 10.2 Å². The molecular formula is C18H22FN3O2. The molecule has 4 rings (SSSR count). The van der Waals surface area contributed by atoms with E-state index in [4.69, 9.17) is 0 Å². The van der Waals surface area contributed by atoms with Gasteiger partial charge in [0, 0.05) is 37.1 Å². The molecule has 0 aromatic carbocycles. The summed E-state index contributed by atoms with van der Waals surface area (Å²) in [4.78, 5) is 30.1. The zero-order chi connectivity index (χ0) is 16.8. The third-order valence-electron chi connectivity index (χ3n) is 5.89. The zero-order valence-electron chi connectivity index (χ0n) is 13.6. The van der Waals surface area contributed by atoms with Crippen molar-refractivity contribution in [2.75, 3.05) is 13.1 Å². The van der Waals surface area contributed by atoms with Crippen LogP contribution < -0.4 is 5.32 Å². The molecule has 3 fully saturated rings. The Kier molecular flexibility index (Phi) is 3.58. The van der Waals surface area contributed by atoms with Crippen LogP contribution in [0.2, 0.25) is 0 Å². The van der Waals surface area contributed by atoms with Crippen LogP contribution in [0.5, 0.6) is 0 Å². The van der Waals surface area contributed by atoms with Crippen molar-refractivity contribution < 1.29 is 14.0 Å². The van der Waals surface area contributed by atoms with E-state index in [9.17, 15) is 14.0 Å². The standard InChI is InChI=1S/C18H22FN3O2/c19-18(4-1-5-18)16(24)22-9-6-17(12-22)10-14(11-17)21-15(23)13-2-7-20-8-3-13/h2-3,7-8,14H,1,4-6,9-12H2,(H,21,23). The molecule has 5 nitrogen and oxygen atoms in total. The number of nitrogens with one attached hydrogen (secondary N) is 1. The molecule has 1 saturated heterocycles. The maximum atomic E-state index is 14.3. The summed E-state index contributed by atoms with van der Waals surface area (Å²) in [6, 6.07) is 3.53. The van der Waals surface area contributed by atoms with Crippen LogP contribution in [0.3, 0.4) is 0 Å². The molecule has 2 heterocycles. The largest absolute Gasteiger partial charge is 0.349 e. The van der Waals surface area contributed by atoms with Gasteiger partial charge in [-0.1, -0.05) is 0 Å². The van der Waals surface area contributed by atoms with Gasteiger partial charge in [-0.2, -0.15) is 0 Å². The Morgan fingerprint density at radius 3 is 2.54 bits per heavy atom. The number of carbonyl (C=O) groups is 2. The predicted molar refractivity (Wildman–Crippen MR) is 86.0 cm³/mol. The van der Waals surface area contributed by atoms with Crippen LogP contribution in [0.1, 0.15) is 48.9 Å². The lowest BCUT2D eigenvalue weighted by Crippen LogP contribution is -2.54. The third kappa shape index (κ3) is 2.58. The van der Waals surface area contributed by atoms with E-state index >= 15 is 0 Å². The number of nitrogens with zero attached hydrogens (tertiary/aromatic N) is 2. The average Bonchev–Trinajstić information content (AvgIpc) is 2.97. The molecule has 0 unspecified atom stereocenters. The molecule has 3 aliphatic rings. The molecular weight excluding hydrogens is 309 g/mol. The molecule has 1 aromatic heterocycles. The fraction of sp³-hybridized carbons (Fsp3) is 0.611. The lowest BCUT2D eigenvalue weighted by molar-refractivity contribution is -0.149. The van der Waals surface area contributed by atoms with Crippen molar-refractivity contribution in [1.29, 1.82) is 0 Å². The molecule has 1 spiro atoms. The third-order valence-corrected chi connectivity index (χ3v) is 5.89. The van der Waals surface area contributed by atoms with Gasteiger partial charge in [0.05, 0.1) is 0 Å². The second kappa shape index (κ2) is 5.53. The number of hydrogen-bond acceptors (Lipinski definition) is 3. The Hall–Kier alpha value is -1.98. The fourth-order valence-electron chi connectivity index (χ4n) is 4.29. The highest BCUT2D eigenvalue weighted by Gasteiger charge is 2.54. The minimum atomic E-state index is -1.59. The SMILES string of the molecule is O=C(NC1CC2(CCN(C(=O)C3(F)CCC3)C2)C1)c1ccncc1. The van der Waals surface area contributed by atoms with Crippen molar-refractivity contribution in [3.8, 4) is 0 Å². The van der Waals surface area contributed by atoms with Gasteiger partial charge >= 0.3 is 0 Å². The predicted octanol–water partition coefficient (Wildman–Crippen LogP) is 2.08. The lowest BCUT2D eigenvalue weighted by atomic mass is 9.65. The fourth-order valence-corrected chi connectivity index (χ4v) is 4.29. The summed E-state index contributed by atoms with van der Waals surface area (Å²) in [5, 5.41) is 3.04. The van der Waals surface area contributed by atoms with E-state index in [1.807, 2.05) is 0 Å². The maximum absolute atomic E-state index is 14.3. The van der Waals surface area contributed by atoms with Gasteiger partial charge in [0.15, 0.2) is 5.67 Å².